The summed E-state index contributed by atoms with van der Waals surface area (Å²) in [5, 5.41) is 68.6. The van der Waals surface area contributed by atoms with E-state index in [0.717, 1.165) is 81.7 Å². The highest BCUT2D eigenvalue weighted by Crippen LogP contribution is 2.71. The van der Waals surface area contributed by atoms with Crippen molar-refractivity contribution in [3.05, 3.63) is 111 Å². The van der Waals surface area contributed by atoms with Gasteiger partial charge in [-0.1, -0.05) is 36.4 Å². The molecule has 0 radical (unpaired) electrons. The maximum Gasteiger partial charge on any atom is 0.253 e. The van der Waals surface area contributed by atoms with E-state index in [4.69, 9.17) is 9.47 Å². The molecule has 92 heavy (non-hydrogen) atoms. The van der Waals surface area contributed by atoms with Gasteiger partial charge in [-0.25, -0.2) is 0 Å². The first-order valence-electron chi connectivity index (χ1n) is 32.6. The molecule has 6 aromatic rings. The number of aromatic amines is 2. The highest BCUT2D eigenvalue weighted by atomic mass is 16.5. The molecule has 8 atom stereocenters. The molecule has 24 heteroatoms. The molecule has 16 rings (SSSR count). The molecule has 2 aromatic heterocycles. The number of ether oxygens (including phenoxy) is 2. The highest BCUT2D eigenvalue weighted by molar-refractivity contribution is 6.07. The zero-order valence-corrected chi connectivity index (χ0v) is 50.9. The third-order valence-electron chi connectivity index (χ3n) is 22.2. The molecule has 4 aliphatic heterocycles. The van der Waals surface area contributed by atoms with Crippen LogP contribution in [0.3, 0.4) is 0 Å². The number of H-pyrrole nitrogens is 2. The molecule has 6 aliphatic carbocycles. The number of aromatic nitrogens is 2. The van der Waals surface area contributed by atoms with Gasteiger partial charge in [-0.2, -0.15) is 0 Å². The van der Waals surface area contributed by atoms with Crippen LogP contribution in [0.5, 0.6) is 23.0 Å². The summed E-state index contributed by atoms with van der Waals surface area (Å²) in [5.41, 5.74) is 5.70. The molecule has 6 heterocycles. The lowest BCUT2D eigenvalue weighted by Crippen LogP contribution is -2.74. The Hall–Kier alpha value is -8.71. The van der Waals surface area contributed by atoms with Gasteiger partial charge in [-0.15, -0.1) is 0 Å². The van der Waals surface area contributed by atoms with E-state index in [-0.39, 0.29) is 62.0 Å². The smallest absolute Gasteiger partial charge is 0.253 e. The minimum absolute atomic E-state index is 0.0465. The SMILES string of the molecule is O=C(CCC(=O)NCC(=O)NCC(=O)Nc1cccc2c3c([nH]c12)[C@@H]1Oc2c(O)ccc4c2C12CCN(CC1CC1)C(C4)[C@]2(O)C3)NCC(=O)NCC(=O)NCCCNC(=O)c1cccc2c3c([nH]c12)[C@@H]1Oc2c(O)ccc4c2C12CCN(CC1CC1)C(C4)[C@]2(O)C3. The lowest BCUT2D eigenvalue weighted by molar-refractivity contribution is -0.173. The summed E-state index contributed by atoms with van der Waals surface area (Å²) in [6.45, 7) is 2.27. The van der Waals surface area contributed by atoms with Crippen molar-refractivity contribution >= 4 is 68.8 Å². The Labute approximate surface area is 528 Å². The average Bonchev–Trinajstić information content (AvgIpc) is 1.42. The van der Waals surface area contributed by atoms with Gasteiger partial charge >= 0.3 is 0 Å². The van der Waals surface area contributed by atoms with Gasteiger partial charge in [0.2, 0.25) is 35.4 Å². The average molecular weight is 1250 g/mol. The Bertz CT molecular complexity index is 4160. The van der Waals surface area contributed by atoms with Crippen molar-refractivity contribution in [3.8, 4) is 23.0 Å². The summed E-state index contributed by atoms with van der Waals surface area (Å²) in [7, 11) is 0. The number of carbonyl (C=O) groups is 7. The molecule has 480 valence electrons. The Morgan fingerprint density at radius 1 is 0.543 bits per heavy atom. The van der Waals surface area contributed by atoms with Crippen LogP contribution < -0.4 is 46.7 Å². The zero-order chi connectivity index (χ0) is 63.2. The number of amides is 7. The lowest BCUT2D eigenvalue weighted by Gasteiger charge is -2.62. The van der Waals surface area contributed by atoms with Crippen LogP contribution in [0.1, 0.15) is 125 Å². The fourth-order valence-electron chi connectivity index (χ4n) is 17.7. The largest absolute Gasteiger partial charge is 0.504 e. The molecule has 4 aromatic carbocycles. The predicted octanol–water partition coefficient (Wildman–Crippen LogP) is 2.58. The summed E-state index contributed by atoms with van der Waals surface area (Å²) in [4.78, 5) is 102. The topological polar surface area (TPSA) is 341 Å². The van der Waals surface area contributed by atoms with Crippen molar-refractivity contribution in [1.82, 2.24) is 51.7 Å². The van der Waals surface area contributed by atoms with Gasteiger partial charge in [0.25, 0.3) is 5.91 Å². The number of aromatic hydroxyl groups is 2. The molecule has 10 aliphatic rings. The predicted molar refractivity (Wildman–Crippen MR) is 333 cm³/mol. The van der Waals surface area contributed by atoms with Gasteiger partial charge in [0.15, 0.2) is 35.2 Å². The van der Waals surface area contributed by atoms with E-state index in [2.05, 4.69) is 57.0 Å². The molecule has 2 spiro atoms. The standard InChI is InChI=1S/C68H75N11O13/c80-44-14-12-36-24-46-67(89)26-41-38-4-1-6-40(56(38)76-58(41)62-65(67,54(36)60(44)91-62)18-22-78(46)32-34-8-9-34)64(88)70-21-3-20-69-50(84)28-73-51(85)29-71-48(82)16-17-49(83)72-30-52(86)74-31-53(87)75-43-7-2-5-39-42-27-68(90)47-25-37-13-15-45(81)61-55(37)66(68,19-23-79(47)33-35-10-11-35)63(92-61)59(42)77-57(39)43/h1-2,4-7,12-15,34-35,46-47,62-63,76-77,80-81,89-90H,3,8-11,16-33H2,(H,69,84)(H,70,88)(H,71,82)(H,72,83)(H,73,85)(H,74,86)(H,75,87)/t46?,47?,62-,63-,65?,66?,67+,68+/m0/s1. The number of benzene rings is 4. The fourth-order valence-corrected chi connectivity index (χ4v) is 17.7. The van der Waals surface area contributed by atoms with Crippen molar-refractivity contribution < 1.29 is 63.5 Å². The number of piperidine rings is 2. The number of carbonyl (C=O) groups excluding carboxylic acids is 7. The van der Waals surface area contributed by atoms with E-state index < -0.39 is 89.3 Å². The summed E-state index contributed by atoms with van der Waals surface area (Å²) in [6, 6.07) is 18.1. The van der Waals surface area contributed by atoms with Gasteiger partial charge < -0.3 is 77.1 Å². The summed E-state index contributed by atoms with van der Waals surface area (Å²) in [6.07, 6.45) is 6.81. The molecule has 4 bridgehead atoms. The van der Waals surface area contributed by atoms with Crippen molar-refractivity contribution in [2.45, 2.75) is 130 Å². The van der Waals surface area contributed by atoms with E-state index in [9.17, 15) is 54.0 Å². The molecule has 2 saturated carbocycles. The van der Waals surface area contributed by atoms with Gasteiger partial charge in [0, 0.05) is 85.8 Å². The number of likely N-dealkylation sites (tertiary alicyclic amines) is 2. The molecule has 4 fully saturated rings. The second kappa shape index (κ2) is 21.7. The van der Waals surface area contributed by atoms with E-state index in [0.29, 0.717) is 90.6 Å². The van der Waals surface area contributed by atoms with Gasteiger partial charge in [0.05, 0.1) is 81.9 Å². The second-order valence-corrected chi connectivity index (χ2v) is 27.5. The number of anilines is 1. The number of nitrogens with zero attached hydrogens (tertiary/aromatic N) is 2. The van der Waals surface area contributed by atoms with E-state index in [1.807, 2.05) is 36.4 Å². The monoisotopic (exact) mass is 1250 g/mol. The number of rotatable bonds is 21. The quantitative estimate of drug-likeness (QED) is 0.0461. The normalized spacial score (nSPS) is 27.1. The molecule has 4 unspecified atom stereocenters. The van der Waals surface area contributed by atoms with Gasteiger partial charge in [0.1, 0.15) is 0 Å². The third kappa shape index (κ3) is 9.08. The van der Waals surface area contributed by atoms with Gasteiger partial charge in [-0.05, 0) is 129 Å². The number of phenolic OH excluding ortho intramolecular Hbond substituents is 2. The van der Waals surface area contributed by atoms with Crippen molar-refractivity contribution in [2.24, 2.45) is 11.8 Å². The van der Waals surface area contributed by atoms with Crippen LogP contribution in [0.2, 0.25) is 0 Å². The van der Waals surface area contributed by atoms with Crippen LogP contribution in [0.4, 0.5) is 5.69 Å². The molecular weight excluding hydrogens is 1180 g/mol. The number of hydrogen-bond donors (Lipinski definition) is 13. The van der Waals surface area contributed by atoms with Crippen LogP contribution in [0.25, 0.3) is 21.8 Å². The molecule has 24 nitrogen and oxygen atoms in total. The zero-order valence-electron chi connectivity index (χ0n) is 50.9. The fraction of sp³-hybridized carbons (Fsp3) is 0.485. The maximum absolute atomic E-state index is 13.8. The first-order valence-corrected chi connectivity index (χ1v) is 32.6. The van der Waals surface area contributed by atoms with Crippen molar-refractivity contribution in [3.63, 3.8) is 0 Å². The Morgan fingerprint density at radius 3 is 1.54 bits per heavy atom. The maximum atomic E-state index is 13.8. The number of fused-ring (bicyclic) bond motifs is 8. The Balaban J connectivity index is 0.453. The van der Waals surface area contributed by atoms with Crippen LogP contribution in [-0.2, 0) is 65.3 Å². The number of para-hydroxylation sites is 2. The van der Waals surface area contributed by atoms with Gasteiger partial charge in [-0.3, -0.25) is 43.4 Å². The van der Waals surface area contributed by atoms with Crippen molar-refractivity contribution in [1.29, 1.82) is 0 Å². The minimum Gasteiger partial charge on any atom is -0.504 e. The summed E-state index contributed by atoms with van der Waals surface area (Å²) >= 11 is 0. The number of nitrogens with one attached hydrogen (secondary N) is 9. The number of hydrogen-bond acceptors (Lipinski definition) is 15. The van der Waals surface area contributed by atoms with E-state index >= 15 is 0 Å². The Kier molecular flexibility index (Phi) is 13.8. The molecule has 7 amide bonds. The number of phenols is 2. The molecule has 2 saturated heterocycles. The van der Waals surface area contributed by atoms with Crippen molar-refractivity contribution in [2.75, 3.05) is 70.8 Å². The van der Waals surface area contributed by atoms with Crippen LogP contribution in [0.15, 0.2) is 60.7 Å². The van der Waals surface area contributed by atoms with Crippen LogP contribution in [0, 0.1) is 11.8 Å². The summed E-state index contributed by atoms with van der Waals surface area (Å²) in [5.74, 6) is -1.57. The van der Waals surface area contributed by atoms with E-state index in [1.54, 1.807) is 24.3 Å². The third-order valence-corrected chi connectivity index (χ3v) is 22.2. The number of aliphatic hydroxyl groups is 2. The highest BCUT2D eigenvalue weighted by Gasteiger charge is 2.75. The first kappa shape index (κ1) is 58.4. The minimum atomic E-state index is -1.18. The summed E-state index contributed by atoms with van der Waals surface area (Å²) < 4.78 is 13.5. The van der Waals surface area contributed by atoms with Crippen LogP contribution in [-0.4, -0.2) is 170 Å². The molecular formula is C68H75N11O13. The van der Waals surface area contributed by atoms with E-state index in [1.165, 1.54) is 25.7 Å². The first-order chi connectivity index (χ1) is 44.5. The second-order valence-electron chi connectivity index (χ2n) is 27.5. The Morgan fingerprint density at radius 2 is 1.01 bits per heavy atom. The molecule has 13 N–H and O–H groups in total. The lowest BCUT2D eigenvalue weighted by atomic mass is 9.49. The van der Waals surface area contributed by atoms with Crippen LogP contribution >= 0.6 is 0 Å².